The Morgan fingerprint density at radius 3 is 2.45 bits per heavy atom. The van der Waals surface area contributed by atoms with Gasteiger partial charge in [-0.1, -0.05) is 28.1 Å². The first-order chi connectivity index (χ1) is 15.7. The Kier molecular flexibility index (Phi) is 7.41. The van der Waals surface area contributed by atoms with Crippen molar-refractivity contribution in [1.82, 2.24) is 5.43 Å². The first-order valence-corrected chi connectivity index (χ1v) is 11.4. The van der Waals surface area contributed by atoms with E-state index >= 15 is 0 Å². The van der Waals surface area contributed by atoms with Gasteiger partial charge in [-0.3, -0.25) is 14.9 Å². The zero-order chi connectivity index (χ0) is 24.0. The Balaban J connectivity index is 1.78. The number of nitrogens with zero attached hydrogens (tertiary/aromatic N) is 2. The van der Waals surface area contributed by atoms with Gasteiger partial charge in [-0.15, -0.1) is 0 Å². The monoisotopic (exact) mass is 533 g/mol. The molecule has 0 atom stereocenters. The van der Waals surface area contributed by atoms with Crippen molar-refractivity contribution < 1.29 is 27.1 Å². The number of para-hydroxylation sites is 1. The predicted octanol–water partition coefficient (Wildman–Crippen LogP) is 3.90. The van der Waals surface area contributed by atoms with Crippen molar-refractivity contribution in [2.75, 3.05) is 7.11 Å². The largest absolute Gasteiger partial charge is 0.496 e. The minimum Gasteiger partial charge on any atom is -0.496 e. The number of halogens is 1. The van der Waals surface area contributed by atoms with Crippen LogP contribution < -0.4 is 14.3 Å². The SMILES string of the molecule is COc1ccc(Br)cc1C(=O)N/N=C\c1ccccc1OS(=O)(=O)c1ccc([N+](=O)[O-])cc1. The average molecular weight is 534 g/mol. The second-order valence-electron chi connectivity index (χ2n) is 6.37. The van der Waals surface area contributed by atoms with Gasteiger partial charge in [0.2, 0.25) is 0 Å². The molecule has 0 heterocycles. The maximum atomic E-state index is 12.6. The van der Waals surface area contributed by atoms with Gasteiger partial charge in [0.15, 0.2) is 5.75 Å². The molecular weight excluding hydrogens is 518 g/mol. The van der Waals surface area contributed by atoms with Crippen LogP contribution in [0.5, 0.6) is 11.5 Å². The number of hydrogen-bond donors (Lipinski definition) is 1. The molecule has 0 fully saturated rings. The summed E-state index contributed by atoms with van der Waals surface area (Å²) in [6.45, 7) is 0. The number of carbonyl (C=O) groups is 1. The maximum Gasteiger partial charge on any atom is 0.339 e. The Morgan fingerprint density at radius 1 is 1.09 bits per heavy atom. The number of ether oxygens (including phenoxy) is 1. The summed E-state index contributed by atoms with van der Waals surface area (Å²) in [4.78, 5) is 22.3. The molecule has 1 N–H and O–H groups in total. The minimum absolute atomic E-state index is 0.0473. The molecule has 170 valence electrons. The molecular formula is C21H16BrN3O7S. The van der Waals surface area contributed by atoms with Crippen LogP contribution in [-0.4, -0.2) is 32.6 Å². The smallest absolute Gasteiger partial charge is 0.339 e. The lowest BCUT2D eigenvalue weighted by molar-refractivity contribution is -0.384. The molecule has 10 nitrogen and oxygen atoms in total. The molecule has 0 spiro atoms. The lowest BCUT2D eigenvalue weighted by Gasteiger charge is -2.09. The fraction of sp³-hybridized carbons (Fsp3) is 0.0476. The second-order valence-corrected chi connectivity index (χ2v) is 8.83. The van der Waals surface area contributed by atoms with E-state index in [1.165, 1.54) is 25.5 Å². The third kappa shape index (κ3) is 5.93. The molecule has 0 aliphatic carbocycles. The van der Waals surface area contributed by atoms with Crippen LogP contribution in [0.3, 0.4) is 0 Å². The van der Waals surface area contributed by atoms with E-state index in [9.17, 15) is 23.3 Å². The number of methoxy groups -OCH3 is 1. The molecule has 0 saturated carbocycles. The van der Waals surface area contributed by atoms with Crippen molar-refractivity contribution in [3.8, 4) is 11.5 Å². The Morgan fingerprint density at radius 2 is 1.79 bits per heavy atom. The van der Waals surface area contributed by atoms with E-state index in [1.54, 1.807) is 30.3 Å². The van der Waals surface area contributed by atoms with Crippen LogP contribution in [0.1, 0.15) is 15.9 Å². The first kappa shape index (κ1) is 23.9. The van der Waals surface area contributed by atoms with Crippen molar-refractivity contribution in [2.45, 2.75) is 4.90 Å². The summed E-state index contributed by atoms with van der Waals surface area (Å²) in [5.74, 6) is -0.237. The summed E-state index contributed by atoms with van der Waals surface area (Å²) >= 11 is 3.29. The van der Waals surface area contributed by atoms with E-state index in [1.807, 2.05) is 0 Å². The highest BCUT2D eigenvalue weighted by Gasteiger charge is 2.19. The summed E-state index contributed by atoms with van der Waals surface area (Å²) < 4.78 is 36.2. The molecule has 0 aliphatic rings. The van der Waals surface area contributed by atoms with E-state index in [4.69, 9.17) is 8.92 Å². The van der Waals surface area contributed by atoms with Crippen molar-refractivity contribution >= 4 is 43.9 Å². The van der Waals surface area contributed by atoms with Gasteiger partial charge >= 0.3 is 10.1 Å². The summed E-state index contributed by atoms with van der Waals surface area (Å²) in [5.41, 5.74) is 2.61. The molecule has 33 heavy (non-hydrogen) atoms. The van der Waals surface area contributed by atoms with E-state index < -0.39 is 20.9 Å². The average Bonchev–Trinajstić information content (AvgIpc) is 2.80. The number of amides is 1. The summed E-state index contributed by atoms with van der Waals surface area (Å²) in [5, 5.41) is 14.6. The molecule has 0 bridgehead atoms. The molecule has 12 heteroatoms. The van der Waals surface area contributed by atoms with Crippen molar-refractivity contribution in [1.29, 1.82) is 0 Å². The number of hydrazone groups is 1. The number of benzene rings is 3. The normalized spacial score (nSPS) is 11.2. The van der Waals surface area contributed by atoms with Gasteiger partial charge in [-0.05, 0) is 42.5 Å². The number of hydrogen-bond acceptors (Lipinski definition) is 8. The van der Waals surface area contributed by atoms with Crippen molar-refractivity contribution in [3.63, 3.8) is 0 Å². The summed E-state index contributed by atoms with van der Waals surface area (Å²) in [6, 6.07) is 15.3. The molecule has 0 saturated heterocycles. The van der Waals surface area contributed by atoms with Gasteiger partial charge in [0.05, 0.1) is 23.8 Å². The second kappa shape index (κ2) is 10.2. The van der Waals surface area contributed by atoms with E-state index in [-0.39, 0.29) is 27.5 Å². The lowest BCUT2D eigenvalue weighted by atomic mass is 10.2. The van der Waals surface area contributed by atoms with E-state index in [0.29, 0.717) is 10.2 Å². The molecule has 3 aromatic carbocycles. The van der Waals surface area contributed by atoms with Crippen LogP contribution in [0, 0.1) is 10.1 Å². The molecule has 0 aromatic heterocycles. The Bertz CT molecular complexity index is 1330. The van der Waals surface area contributed by atoms with E-state index in [2.05, 4.69) is 26.5 Å². The fourth-order valence-electron chi connectivity index (χ4n) is 2.64. The van der Waals surface area contributed by atoms with Crippen LogP contribution in [0.25, 0.3) is 0 Å². The van der Waals surface area contributed by atoms with E-state index in [0.717, 1.165) is 24.3 Å². The zero-order valence-corrected chi connectivity index (χ0v) is 19.4. The predicted molar refractivity (Wildman–Crippen MR) is 123 cm³/mol. The highest BCUT2D eigenvalue weighted by Crippen LogP contribution is 2.24. The minimum atomic E-state index is -4.27. The van der Waals surface area contributed by atoms with Crippen LogP contribution in [0.4, 0.5) is 5.69 Å². The molecule has 0 aliphatic heterocycles. The van der Waals surface area contributed by atoms with Gasteiger partial charge in [-0.2, -0.15) is 13.5 Å². The molecule has 3 aromatic rings. The number of nitrogens with one attached hydrogen (secondary N) is 1. The quantitative estimate of drug-likeness (QED) is 0.200. The standard InChI is InChI=1S/C21H16BrN3O7S/c1-31-20-11-6-15(22)12-18(20)21(26)24-23-13-14-4-2-3-5-19(14)32-33(29,30)17-9-7-16(8-10-17)25(27)28/h2-13H,1H3,(H,24,26)/b23-13-. The third-order valence-corrected chi connectivity index (χ3v) is 5.97. The molecule has 0 radical (unpaired) electrons. The number of nitro groups is 1. The third-order valence-electron chi connectivity index (χ3n) is 4.23. The molecule has 3 rings (SSSR count). The topological polar surface area (TPSA) is 137 Å². The van der Waals surface area contributed by atoms with Crippen molar-refractivity contribution in [3.05, 3.63) is 92.4 Å². The number of carbonyl (C=O) groups excluding carboxylic acids is 1. The van der Waals surface area contributed by atoms with Crippen molar-refractivity contribution in [2.24, 2.45) is 5.10 Å². The fourth-order valence-corrected chi connectivity index (χ4v) is 3.96. The zero-order valence-electron chi connectivity index (χ0n) is 17.0. The van der Waals surface area contributed by atoms with Gasteiger partial charge in [0.25, 0.3) is 11.6 Å². The lowest BCUT2D eigenvalue weighted by Crippen LogP contribution is -2.18. The molecule has 1 amide bonds. The van der Waals surface area contributed by atoms with Crippen LogP contribution in [-0.2, 0) is 10.1 Å². The Hall–Kier alpha value is -3.77. The number of nitro benzene ring substituents is 1. The maximum absolute atomic E-state index is 12.6. The first-order valence-electron chi connectivity index (χ1n) is 9.16. The summed E-state index contributed by atoms with van der Waals surface area (Å²) in [6.07, 6.45) is 1.23. The number of rotatable bonds is 8. The Labute approximate surface area is 197 Å². The van der Waals surface area contributed by atoms with Gasteiger partial charge in [0, 0.05) is 22.2 Å². The number of non-ortho nitro benzene ring substituents is 1. The molecule has 0 unspecified atom stereocenters. The highest BCUT2D eigenvalue weighted by molar-refractivity contribution is 9.10. The highest BCUT2D eigenvalue weighted by atomic mass is 79.9. The summed E-state index contributed by atoms with van der Waals surface area (Å²) in [7, 11) is -2.84. The van der Waals surface area contributed by atoms with Gasteiger partial charge in [0.1, 0.15) is 10.6 Å². The van der Waals surface area contributed by atoms with Crippen LogP contribution in [0.15, 0.2) is 81.2 Å². The van der Waals surface area contributed by atoms with Crippen LogP contribution >= 0.6 is 15.9 Å². The van der Waals surface area contributed by atoms with Gasteiger partial charge < -0.3 is 8.92 Å². The van der Waals surface area contributed by atoms with Crippen LogP contribution in [0.2, 0.25) is 0 Å². The van der Waals surface area contributed by atoms with Gasteiger partial charge in [-0.25, -0.2) is 5.43 Å².